The van der Waals surface area contributed by atoms with Crippen LogP contribution in [0.3, 0.4) is 0 Å². The Hall–Kier alpha value is -2.99. The molecule has 162 valence electrons. The Bertz CT molecular complexity index is 966. The third kappa shape index (κ3) is 5.02. The standard InChI is InChI=1S/C25H29N3O3/c1-30-23(19-10-4-2-5-11-19)24-28-27-22(31-24)15-14-21(29)26-18-25(16-8-9-17-25)20-12-6-3-7-13-20/h2-7,10-13,23H,8-9,14-18H2,1H3,(H,26,29)/t23-/m1/s1. The van der Waals surface area contributed by atoms with Crippen LogP contribution in [-0.4, -0.2) is 29.8 Å². The van der Waals surface area contributed by atoms with Crippen molar-refractivity contribution in [3.63, 3.8) is 0 Å². The van der Waals surface area contributed by atoms with Crippen LogP contribution in [-0.2, 0) is 21.4 Å². The van der Waals surface area contributed by atoms with Gasteiger partial charge in [-0.3, -0.25) is 4.79 Å². The first-order valence-corrected chi connectivity index (χ1v) is 10.9. The van der Waals surface area contributed by atoms with Gasteiger partial charge in [0.2, 0.25) is 17.7 Å². The highest BCUT2D eigenvalue weighted by Crippen LogP contribution is 2.40. The molecule has 0 bridgehead atoms. The predicted octanol–water partition coefficient (Wildman–Crippen LogP) is 4.37. The van der Waals surface area contributed by atoms with Crippen molar-refractivity contribution in [3.05, 3.63) is 83.6 Å². The van der Waals surface area contributed by atoms with Crippen molar-refractivity contribution in [1.82, 2.24) is 15.5 Å². The molecular weight excluding hydrogens is 390 g/mol. The smallest absolute Gasteiger partial charge is 0.249 e. The van der Waals surface area contributed by atoms with E-state index in [1.165, 1.54) is 18.4 Å². The van der Waals surface area contributed by atoms with Crippen LogP contribution in [0, 0.1) is 0 Å². The number of rotatable bonds is 9. The van der Waals surface area contributed by atoms with Crippen molar-refractivity contribution in [3.8, 4) is 0 Å². The molecule has 1 N–H and O–H groups in total. The summed E-state index contributed by atoms with van der Waals surface area (Å²) in [4.78, 5) is 12.5. The van der Waals surface area contributed by atoms with E-state index in [1.807, 2.05) is 36.4 Å². The topological polar surface area (TPSA) is 77.2 Å². The van der Waals surface area contributed by atoms with Gasteiger partial charge in [-0.1, -0.05) is 73.5 Å². The zero-order valence-electron chi connectivity index (χ0n) is 17.9. The third-order valence-electron chi connectivity index (χ3n) is 6.18. The number of benzene rings is 2. The first kappa shape index (κ1) is 21.2. The van der Waals surface area contributed by atoms with Gasteiger partial charge < -0.3 is 14.5 Å². The van der Waals surface area contributed by atoms with Gasteiger partial charge in [0.25, 0.3) is 0 Å². The van der Waals surface area contributed by atoms with Gasteiger partial charge in [-0.15, -0.1) is 10.2 Å². The molecule has 0 unspecified atom stereocenters. The summed E-state index contributed by atoms with van der Waals surface area (Å²) in [6, 6.07) is 20.3. The number of carbonyl (C=O) groups excluding carboxylic acids is 1. The number of methoxy groups -OCH3 is 1. The highest BCUT2D eigenvalue weighted by molar-refractivity contribution is 5.76. The third-order valence-corrected chi connectivity index (χ3v) is 6.18. The average Bonchev–Trinajstić information content (AvgIpc) is 3.49. The number of hydrogen-bond donors (Lipinski definition) is 1. The van der Waals surface area contributed by atoms with E-state index in [0.29, 0.717) is 31.2 Å². The Kier molecular flexibility index (Phi) is 6.77. The van der Waals surface area contributed by atoms with Crippen LogP contribution in [0.4, 0.5) is 0 Å². The van der Waals surface area contributed by atoms with E-state index in [-0.39, 0.29) is 11.3 Å². The molecule has 0 aliphatic heterocycles. The average molecular weight is 420 g/mol. The number of hydrogen-bond acceptors (Lipinski definition) is 5. The lowest BCUT2D eigenvalue weighted by molar-refractivity contribution is -0.121. The predicted molar refractivity (Wildman–Crippen MR) is 118 cm³/mol. The molecular formula is C25H29N3O3. The number of nitrogens with zero attached hydrogens (tertiary/aromatic N) is 2. The Balaban J connectivity index is 1.32. The molecule has 6 heteroatoms. The van der Waals surface area contributed by atoms with Crippen LogP contribution in [0.25, 0.3) is 0 Å². The van der Waals surface area contributed by atoms with E-state index < -0.39 is 6.10 Å². The minimum absolute atomic E-state index is 0.00769. The molecule has 4 rings (SSSR count). The lowest BCUT2D eigenvalue weighted by atomic mass is 9.79. The molecule has 1 aromatic heterocycles. The van der Waals surface area contributed by atoms with Crippen LogP contribution < -0.4 is 5.32 Å². The second kappa shape index (κ2) is 9.88. The van der Waals surface area contributed by atoms with Gasteiger partial charge in [-0.05, 0) is 24.0 Å². The molecule has 2 aromatic carbocycles. The quantitative estimate of drug-likeness (QED) is 0.557. The fourth-order valence-electron chi connectivity index (χ4n) is 4.47. The number of carbonyl (C=O) groups is 1. The SMILES string of the molecule is CO[C@H](c1ccccc1)c1nnc(CCC(=O)NCC2(c3ccccc3)CCCC2)o1. The van der Waals surface area contributed by atoms with Gasteiger partial charge in [0.05, 0.1) is 0 Å². The largest absolute Gasteiger partial charge is 0.422 e. The van der Waals surface area contributed by atoms with Crippen LogP contribution in [0.15, 0.2) is 65.1 Å². The summed E-state index contributed by atoms with van der Waals surface area (Å²) in [5.74, 6) is 0.855. The van der Waals surface area contributed by atoms with Gasteiger partial charge in [0, 0.05) is 31.9 Å². The number of aromatic nitrogens is 2. The molecule has 1 saturated carbocycles. The number of ether oxygens (including phenoxy) is 1. The molecule has 0 spiro atoms. The molecule has 1 amide bonds. The van der Waals surface area contributed by atoms with Crippen LogP contribution in [0.2, 0.25) is 0 Å². The van der Waals surface area contributed by atoms with Gasteiger partial charge in [-0.2, -0.15) is 0 Å². The summed E-state index contributed by atoms with van der Waals surface area (Å²) in [5, 5.41) is 11.4. The van der Waals surface area contributed by atoms with E-state index in [9.17, 15) is 4.79 Å². The van der Waals surface area contributed by atoms with Gasteiger partial charge in [0.15, 0.2) is 6.10 Å². The molecule has 1 aliphatic carbocycles. The molecule has 1 aliphatic rings. The van der Waals surface area contributed by atoms with Crippen molar-refractivity contribution in [2.45, 2.75) is 50.0 Å². The maximum atomic E-state index is 12.5. The normalized spacial score (nSPS) is 16.2. The van der Waals surface area contributed by atoms with E-state index in [2.05, 4.69) is 39.8 Å². The molecule has 1 fully saturated rings. The van der Waals surface area contributed by atoms with Gasteiger partial charge in [0.1, 0.15) is 0 Å². The maximum Gasteiger partial charge on any atom is 0.249 e. The lowest BCUT2D eigenvalue weighted by Crippen LogP contribution is -2.39. The van der Waals surface area contributed by atoms with Crippen LogP contribution in [0.5, 0.6) is 0 Å². The first-order valence-electron chi connectivity index (χ1n) is 10.9. The summed E-state index contributed by atoms with van der Waals surface area (Å²) in [6.45, 7) is 0.671. The zero-order chi connectivity index (χ0) is 21.5. The summed E-state index contributed by atoms with van der Waals surface area (Å²) < 4.78 is 11.3. The zero-order valence-corrected chi connectivity index (χ0v) is 17.9. The fourth-order valence-corrected chi connectivity index (χ4v) is 4.47. The van der Waals surface area contributed by atoms with Crippen molar-refractivity contribution >= 4 is 5.91 Å². The Morgan fingerprint density at radius 3 is 2.42 bits per heavy atom. The number of aryl methyl sites for hydroxylation is 1. The Morgan fingerprint density at radius 2 is 1.74 bits per heavy atom. The monoisotopic (exact) mass is 419 g/mol. The van der Waals surface area contributed by atoms with E-state index >= 15 is 0 Å². The Labute approximate surface area is 183 Å². The summed E-state index contributed by atoms with van der Waals surface area (Å²) in [6.07, 6.45) is 4.95. The van der Waals surface area contributed by atoms with Crippen molar-refractivity contribution < 1.29 is 13.9 Å². The number of nitrogens with one attached hydrogen (secondary N) is 1. The van der Waals surface area contributed by atoms with E-state index in [4.69, 9.17) is 9.15 Å². The maximum absolute atomic E-state index is 12.5. The molecule has 0 radical (unpaired) electrons. The highest BCUT2D eigenvalue weighted by Gasteiger charge is 2.35. The highest BCUT2D eigenvalue weighted by atomic mass is 16.5. The molecule has 0 saturated heterocycles. The number of amides is 1. The van der Waals surface area contributed by atoms with E-state index in [1.54, 1.807) is 7.11 Å². The summed E-state index contributed by atoms with van der Waals surface area (Å²) in [5.41, 5.74) is 2.32. The van der Waals surface area contributed by atoms with Crippen LogP contribution >= 0.6 is 0 Å². The molecule has 6 nitrogen and oxygen atoms in total. The van der Waals surface area contributed by atoms with Crippen molar-refractivity contribution in [2.75, 3.05) is 13.7 Å². The second-order valence-corrected chi connectivity index (χ2v) is 8.19. The molecule has 1 atom stereocenters. The van der Waals surface area contributed by atoms with Gasteiger partial charge >= 0.3 is 0 Å². The summed E-state index contributed by atoms with van der Waals surface area (Å²) >= 11 is 0. The minimum atomic E-state index is -0.413. The van der Waals surface area contributed by atoms with Crippen LogP contribution in [0.1, 0.15) is 61.1 Å². The first-order chi connectivity index (χ1) is 15.2. The van der Waals surface area contributed by atoms with Crippen molar-refractivity contribution in [2.24, 2.45) is 0 Å². The minimum Gasteiger partial charge on any atom is -0.422 e. The Morgan fingerprint density at radius 1 is 1.06 bits per heavy atom. The lowest BCUT2D eigenvalue weighted by Gasteiger charge is -2.30. The van der Waals surface area contributed by atoms with Gasteiger partial charge in [-0.25, -0.2) is 0 Å². The second-order valence-electron chi connectivity index (χ2n) is 8.19. The fraction of sp³-hybridized carbons (Fsp3) is 0.400. The van der Waals surface area contributed by atoms with Crippen molar-refractivity contribution in [1.29, 1.82) is 0 Å². The molecule has 1 heterocycles. The molecule has 3 aromatic rings. The van der Waals surface area contributed by atoms with E-state index in [0.717, 1.165) is 18.4 Å². The molecule has 31 heavy (non-hydrogen) atoms. The summed E-state index contributed by atoms with van der Waals surface area (Å²) in [7, 11) is 1.61.